The molecule has 0 heterocycles. The van der Waals surface area contributed by atoms with E-state index in [0.717, 1.165) is 33.4 Å². The summed E-state index contributed by atoms with van der Waals surface area (Å²) >= 11 is 0. The number of carbonyl (C=O) groups is 2. The van der Waals surface area contributed by atoms with Crippen LogP contribution in [0, 0.1) is 0 Å². The highest BCUT2D eigenvalue weighted by molar-refractivity contribution is 8.76. The highest BCUT2D eigenvalue weighted by Gasteiger charge is 2.28. The number of aryl methyl sites for hydroxylation is 2. The van der Waals surface area contributed by atoms with Crippen LogP contribution in [0.3, 0.4) is 0 Å². The predicted octanol–water partition coefficient (Wildman–Crippen LogP) is 9.32. The molecule has 0 aromatic heterocycles. The van der Waals surface area contributed by atoms with Gasteiger partial charge in [0.05, 0.1) is 0 Å². The van der Waals surface area contributed by atoms with Crippen molar-refractivity contribution in [2.75, 3.05) is 24.7 Å². The molecule has 2 aromatic carbocycles. The van der Waals surface area contributed by atoms with Gasteiger partial charge in [0.2, 0.25) is 0 Å². The summed E-state index contributed by atoms with van der Waals surface area (Å²) in [5, 5.41) is 21.8. The zero-order valence-electron chi connectivity index (χ0n) is 30.3. The van der Waals surface area contributed by atoms with Gasteiger partial charge in [0.1, 0.15) is 24.7 Å². The number of aromatic hydroxyl groups is 2. The highest BCUT2D eigenvalue weighted by Crippen LogP contribution is 2.41. The molecule has 0 amide bonds. The fourth-order valence-corrected chi connectivity index (χ4v) is 6.75. The molecule has 0 atom stereocenters. The minimum absolute atomic E-state index is 0.214. The van der Waals surface area contributed by atoms with Crippen LogP contribution >= 0.6 is 21.6 Å². The molecule has 0 fully saturated rings. The quantitative estimate of drug-likeness (QED) is 0.123. The van der Waals surface area contributed by atoms with Crippen LogP contribution in [0.25, 0.3) is 0 Å². The number of ether oxygens (including phenoxy) is 2. The topological polar surface area (TPSA) is 93.1 Å². The van der Waals surface area contributed by atoms with Gasteiger partial charge in [-0.25, -0.2) is 0 Å². The summed E-state index contributed by atoms with van der Waals surface area (Å²) in [5.41, 5.74) is 4.76. The third kappa shape index (κ3) is 12.4. The Labute approximate surface area is 286 Å². The summed E-state index contributed by atoms with van der Waals surface area (Å²) in [6.07, 6.45) is 1.68. The monoisotopic (exact) mass is 674 g/mol. The molecule has 2 N–H and O–H groups in total. The van der Waals surface area contributed by atoms with Crippen LogP contribution in [0.5, 0.6) is 11.5 Å². The van der Waals surface area contributed by atoms with Crippen molar-refractivity contribution >= 4 is 33.5 Å². The van der Waals surface area contributed by atoms with Crippen molar-refractivity contribution in [2.24, 2.45) is 0 Å². The second-order valence-electron chi connectivity index (χ2n) is 16.2. The number of carbonyl (C=O) groups excluding carboxylic acids is 2. The first kappa shape index (κ1) is 39.9. The number of hydrogen-bond acceptors (Lipinski definition) is 8. The molecule has 0 aliphatic rings. The number of hydrogen-bond donors (Lipinski definition) is 2. The number of benzene rings is 2. The Kier molecular flexibility index (Phi) is 14.0. The predicted molar refractivity (Wildman–Crippen MR) is 194 cm³/mol. The number of phenols is 2. The van der Waals surface area contributed by atoms with Gasteiger partial charge in [-0.2, -0.15) is 0 Å². The van der Waals surface area contributed by atoms with Gasteiger partial charge in [0.25, 0.3) is 0 Å². The van der Waals surface area contributed by atoms with E-state index in [9.17, 15) is 19.8 Å². The van der Waals surface area contributed by atoms with E-state index >= 15 is 0 Å². The third-order valence-corrected chi connectivity index (χ3v) is 10.1. The minimum atomic E-state index is -0.236. The molecule has 0 radical (unpaired) electrons. The van der Waals surface area contributed by atoms with E-state index in [4.69, 9.17) is 9.47 Å². The van der Waals surface area contributed by atoms with E-state index in [1.54, 1.807) is 21.6 Å². The molecule has 8 heteroatoms. The second-order valence-corrected chi connectivity index (χ2v) is 18.9. The molecule has 0 saturated heterocycles. The summed E-state index contributed by atoms with van der Waals surface area (Å²) in [7, 11) is 3.18. The number of phenolic OH excluding ortho intramolecular Hbond substituents is 2. The molecule has 0 bridgehead atoms. The van der Waals surface area contributed by atoms with Gasteiger partial charge in [-0.1, -0.05) is 129 Å². The summed E-state index contributed by atoms with van der Waals surface area (Å²) in [5.74, 6) is 1.52. The summed E-state index contributed by atoms with van der Waals surface area (Å²) in [4.78, 5) is 24.8. The van der Waals surface area contributed by atoms with E-state index < -0.39 is 0 Å². The van der Waals surface area contributed by atoms with E-state index in [0.29, 0.717) is 49.1 Å². The fourth-order valence-electron chi connectivity index (χ4n) is 5.10. The van der Waals surface area contributed by atoms with Crippen molar-refractivity contribution in [3.05, 3.63) is 57.6 Å². The van der Waals surface area contributed by atoms with Gasteiger partial charge in [-0.05, 0) is 67.9 Å². The molecule has 0 saturated carbocycles. The van der Waals surface area contributed by atoms with Crippen molar-refractivity contribution < 1.29 is 29.3 Å². The Balaban J connectivity index is 1.71. The van der Waals surface area contributed by atoms with E-state index in [1.807, 2.05) is 24.3 Å². The lowest BCUT2D eigenvalue weighted by atomic mass is 9.78. The van der Waals surface area contributed by atoms with Gasteiger partial charge < -0.3 is 19.7 Å². The van der Waals surface area contributed by atoms with E-state index in [2.05, 4.69) is 83.1 Å². The SMILES string of the molecule is CC(C)(C)c1cc(CCC(=O)OCCSSCCOC(=O)CCc2cc(C(C)(C)C)c(O)c(C(C)(C)C)c2)cc(C(C)(C)C)c1O. The Bertz CT molecular complexity index is 1160. The molecule has 0 spiro atoms. The molecule has 258 valence electrons. The van der Waals surface area contributed by atoms with Crippen LogP contribution in [0.15, 0.2) is 24.3 Å². The van der Waals surface area contributed by atoms with Crippen LogP contribution in [0.2, 0.25) is 0 Å². The Morgan fingerprint density at radius 2 is 0.804 bits per heavy atom. The first-order valence-corrected chi connectivity index (χ1v) is 18.8. The van der Waals surface area contributed by atoms with E-state index in [-0.39, 0.29) is 46.4 Å². The molecular formula is C38H58O6S2. The smallest absolute Gasteiger partial charge is 0.306 e. The van der Waals surface area contributed by atoms with Crippen LogP contribution < -0.4 is 0 Å². The molecule has 46 heavy (non-hydrogen) atoms. The van der Waals surface area contributed by atoms with E-state index in [1.165, 1.54) is 0 Å². The Morgan fingerprint density at radius 3 is 1.04 bits per heavy atom. The normalized spacial score (nSPS) is 12.7. The third-order valence-electron chi connectivity index (χ3n) is 7.75. The van der Waals surface area contributed by atoms with Crippen LogP contribution in [-0.2, 0) is 53.6 Å². The molecule has 0 aliphatic heterocycles. The zero-order chi connectivity index (χ0) is 35.1. The fraction of sp³-hybridized carbons (Fsp3) is 0.632. The van der Waals surface area contributed by atoms with Crippen molar-refractivity contribution in [2.45, 2.75) is 130 Å². The molecular weight excluding hydrogens is 617 g/mol. The maximum atomic E-state index is 12.4. The lowest BCUT2D eigenvalue weighted by molar-refractivity contribution is -0.143. The minimum Gasteiger partial charge on any atom is -0.507 e. The maximum Gasteiger partial charge on any atom is 0.306 e. The van der Waals surface area contributed by atoms with Crippen LogP contribution in [0.4, 0.5) is 0 Å². The maximum absolute atomic E-state index is 12.4. The lowest BCUT2D eigenvalue weighted by Crippen LogP contribution is -2.18. The molecule has 0 aliphatic carbocycles. The average Bonchev–Trinajstić information content (AvgIpc) is 2.90. The number of esters is 2. The van der Waals surface area contributed by atoms with Crippen LogP contribution in [-0.4, -0.2) is 46.9 Å². The first-order valence-electron chi connectivity index (χ1n) is 16.3. The van der Waals surface area contributed by atoms with Crippen molar-refractivity contribution in [3.63, 3.8) is 0 Å². The summed E-state index contributed by atoms with van der Waals surface area (Å²) < 4.78 is 10.9. The van der Waals surface area contributed by atoms with Gasteiger partial charge in [0, 0.05) is 24.3 Å². The molecule has 6 nitrogen and oxygen atoms in total. The average molecular weight is 675 g/mol. The summed E-state index contributed by atoms with van der Waals surface area (Å²) in [6, 6.07) is 8.04. The van der Waals surface area contributed by atoms with Crippen molar-refractivity contribution in [3.8, 4) is 11.5 Å². The largest absolute Gasteiger partial charge is 0.507 e. The number of rotatable bonds is 13. The van der Waals surface area contributed by atoms with Crippen molar-refractivity contribution in [1.29, 1.82) is 0 Å². The standard InChI is InChI=1S/C38H58O6S2/c1-35(2,3)27-21-25(22-28(33(27)41)36(4,5)6)13-15-31(39)43-17-19-45-46-20-18-44-32(40)16-14-26-23-29(37(7,8)9)34(42)30(24-26)38(10,11)12/h21-24,41-42H,13-20H2,1-12H3. The lowest BCUT2D eigenvalue weighted by Gasteiger charge is -2.28. The van der Waals surface area contributed by atoms with Crippen molar-refractivity contribution in [1.82, 2.24) is 0 Å². The van der Waals surface area contributed by atoms with Gasteiger partial charge in [-0.3, -0.25) is 9.59 Å². The Hall–Kier alpha value is -2.32. The Morgan fingerprint density at radius 1 is 0.543 bits per heavy atom. The van der Waals surface area contributed by atoms with Gasteiger partial charge in [-0.15, -0.1) is 0 Å². The van der Waals surface area contributed by atoms with Gasteiger partial charge >= 0.3 is 11.9 Å². The van der Waals surface area contributed by atoms with Gasteiger partial charge in [0.15, 0.2) is 0 Å². The van der Waals surface area contributed by atoms with Crippen LogP contribution in [0.1, 0.15) is 129 Å². The zero-order valence-corrected chi connectivity index (χ0v) is 31.9. The first-order chi connectivity index (χ1) is 21.0. The second kappa shape index (κ2) is 16.2. The highest BCUT2D eigenvalue weighted by atomic mass is 33.1. The molecule has 2 rings (SSSR count). The molecule has 0 unspecified atom stereocenters. The molecule has 2 aromatic rings. The summed E-state index contributed by atoms with van der Waals surface area (Å²) in [6.45, 7) is 25.6.